The maximum Gasteiger partial charge on any atom is 0.251 e. The number of carbonyl (C=O) groups excluding carboxylic acids is 1. The lowest BCUT2D eigenvalue weighted by atomic mass is 10.1. The number of hydrogen-bond donors (Lipinski definition) is 2. The Hall–Kier alpha value is -1.83. The number of rotatable bonds is 7. The summed E-state index contributed by atoms with van der Waals surface area (Å²) in [5.74, 6) is 6.17. The van der Waals surface area contributed by atoms with E-state index in [1.807, 2.05) is 12.1 Å². The summed E-state index contributed by atoms with van der Waals surface area (Å²) < 4.78 is 5.46. The first-order chi connectivity index (χ1) is 10.1. The summed E-state index contributed by atoms with van der Waals surface area (Å²) in [5, 5.41) is 2.87. The summed E-state index contributed by atoms with van der Waals surface area (Å²) in [6.07, 6.45) is 0.818. The molecule has 0 bridgehead atoms. The number of ether oxygens (including phenoxy) is 1. The monoisotopic (exact) mass is 288 g/mol. The molecule has 0 saturated carbocycles. The van der Waals surface area contributed by atoms with Crippen molar-refractivity contribution >= 4 is 5.91 Å². The molecule has 4 nitrogen and oxygen atoms in total. The molecule has 0 aromatic heterocycles. The van der Waals surface area contributed by atoms with Gasteiger partial charge in [-0.05, 0) is 36.6 Å². The summed E-state index contributed by atoms with van der Waals surface area (Å²) in [6.45, 7) is 6.62. The number of amides is 1. The highest BCUT2D eigenvalue weighted by Gasteiger charge is 2.04. The van der Waals surface area contributed by atoms with Crippen LogP contribution in [0.2, 0.25) is 0 Å². The number of hydrogen-bond acceptors (Lipinski definition) is 3. The zero-order valence-corrected chi connectivity index (χ0v) is 12.8. The van der Waals surface area contributed by atoms with Gasteiger partial charge in [0.25, 0.3) is 5.91 Å². The minimum absolute atomic E-state index is 0.0720. The molecule has 1 amide bonds. The lowest BCUT2D eigenvalue weighted by Crippen LogP contribution is -2.25. The molecule has 4 heteroatoms. The number of benzene rings is 1. The first-order valence-electron chi connectivity index (χ1n) is 7.28. The van der Waals surface area contributed by atoms with Crippen LogP contribution in [-0.4, -0.2) is 32.2 Å². The number of carbonyl (C=O) groups is 1. The van der Waals surface area contributed by atoms with Crippen LogP contribution in [0, 0.1) is 17.8 Å². The van der Waals surface area contributed by atoms with Gasteiger partial charge in [-0.2, -0.15) is 0 Å². The van der Waals surface area contributed by atoms with Crippen molar-refractivity contribution in [2.75, 3.05) is 26.3 Å². The molecule has 0 saturated heterocycles. The molecule has 1 rings (SSSR count). The molecule has 21 heavy (non-hydrogen) atoms. The standard InChI is InChI=1S/C17H24N2O2/c1-14(2)13-21-12-4-11-19-17(20)16-8-6-15(7-9-16)5-3-10-18/h6-9,14H,4,10-13,18H2,1-2H3,(H,19,20). The lowest BCUT2D eigenvalue weighted by molar-refractivity contribution is 0.0925. The number of nitrogens with two attached hydrogens (primary N) is 1. The molecule has 0 aliphatic rings. The lowest BCUT2D eigenvalue weighted by Gasteiger charge is -2.08. The molecule has 0 aliphatic heterocycles. The van der Waals surface area contributed by atoms with Crippen molar-refractivity contribution in [1.82, 2.24) is 5.32 Å². The van der Waals surface area contributed by atoms with E-state index < -0.39 is 0 Å². The van der Waals surface area contributed by atoms with Crippen molar-refractivity contribution in [3.8, 4) is 11.8 Å². The van der Waals surface area contributed by atoms with E-state index >= 15 is 0 Å². The summed E-state index contributed by atoms with van der Waals surface area (Å²) >= 11 is 0. The Labute approximate surface area is 127 Å². The van der Waals surface area contributed by atoms with Gasteiger partial charge in [0.05, 0.1) is 6.54 Å². The van der Waals surface area contributed by atoms with Crippen molar-refractivity contribution in [2.24, 2.45) is 11.7 Å². The van der Waals surface area contributed by atoms with Crippen LogP contribution in [0.15, 0.2) is 24.3 Å². The van der Waals surface area contributed by atoms with Crippen LogP contribution in [0.5, 0.6) is 0 Å². The van der Waals surface area contributed by atoms with Crippen LogP contribution >= 0.6 is 0 Å². The maximum absolute atomic E-state index is 11.9. The predicted molar refractivity (Wildman–Crippen MR) is 85.0 cm³/mol. The Morgan fingerprint density at radius 1 is 1.33 bits per heavy atom. The zero-order valence-electron chi connectivity index (χ0n) is 12.8. The minimum Gasteiger partial charge on any atom is -0.381 e. The minimum atomic E-state index is -0.0720. The van der Waals surface area contributed by atoms with E-state index in [9.17, 15) is 4.79 Å². The molecule has 0 heterocycles. The molecule has 0 radical (unpaired) electrons. The van der Waals surface area contributed by atoms with E-state index in [0.717, 1.165) is 18.6 Å². The van der Waals surface area contributed by atoms with Crippen molar-refractivity contribution in [3.05, 3.63) is 35.4 Å². The molecule has 0 unspecified atom stereocenters. The van der Waals surface area contributed by atoms with Gasteiger partial charge in [0.1, 0.15) is 0 Å². The SMILES string of the molecule is CC(C)COCCCNC(=O)c1ccc(C#CCN)cc1. The second kappa shape index (κ2) is 9.98. The molecular formula is C17H24N2O2. The van der Waals surface area contributed by atoms with Crippen LogP contribution in [0.3, 0.4) is 0 Å². The van der Waals surface area contributed by atoms with Gasteiger partial charge in [0, 0.05) is 30.9 Å². The molecule has 1 aromatic carbocycles. The Balaban J connectivity index is 2.29. The molecule has 1 aromatic rings. The van der Waals surface area contributed by atoms with E-state index in [-0.39, 0.29) is 5.91 Å². The van der Waals surface area contributed by atoms with Gasteiger partial charge < -0.3 is 15.8 Å². The molecule has 0 aliphatic carbocycles. The second-order valence-electron chi connectivity index (χ2n) is 5.16. The molecule has 0 spiro atoms. The fraction of sp³-hybridized carbons (Fsp3) is 0.471. The molecule has 3 N–H and O–H groups in total. The quantitative estimate of drug-likeness (QED) is 0.594. The third-order valence-electron chi connectivity index (χ3n) is 2.68. The van der Waals surface area contributed by atoms with E-state index in [0.29, 0.717) is 31.2 Å². The van der Waals surface area contributed by atoms with Gasteiger partial charge in [-0.3, -0.25) is 4.79 Å². The normalized spacial score (nSPS) is 10.1. The van der Waals surface area contributed by atoms with Crippen LogP contribution in [0.1, 0.15) is 36.2 Å². The molecule has 114 valence electrons. The highest BCUT2D eigenvalue weighted by atomic mass is 16.5. The van der Waals surface area contributed by atoms with Crippen LogP contribution < -0.4 is 11.1 Å². The predicted octanol–water partition coefficient (Wildman–Crippen LogP) is 1.79. The Morgan fingerprint density at radius 2 is 2.05 bits per heavy atom. The fourth-order valence-electron chi connectivity index (χ4n) is 1.66. The number of nitrogens with one attached hydrogen (secondary N) is 1. The zero-order chi connectivity index (χ0) is 15.5. The maximum atomic E-state index is 11.9. The Bertz CT molecular complexity index is 484. The van der Waals surface area contributed by atoms with Crippen LogP contribution in [0.4, 0.5) is 0 Å². The van der Waals surface area contributed by atoms with Gasteiger partial charge in [-0.25, -0.2) is 0 Å². The molecule has 0 fully saturated rings. The van der Waals surface area contributed by atoms with Crippen molar-refractivity contribution in [3.63, 3.8) is 0 Å². The molecule has 0 atom stereocenters. The van der Waals surface area contributed by atoms with Gasteiger partial charge in [-0.1, -0.05) is 25.7 Å². The van der Waals surface area contributed by atoms with Crippen molar-refractivity contribution < 1.29 is 9.53 Å². The van der Waals surface area contributed by atoms with Gasteiger partial charge in [0.2, 0.25) is 0 Å². The average molecular weight is 288 g/mol. The van der Waals surface area contributed by atoms with E-state index in [1.54, 1.807) is 12.1 Å². The van der Waals surface area contributed by atoms with Crippen molar-refractivity contribution in [2.45, 2.75) is 20.3 Å². The molecular weight excluding hydrogens is 264 g/mol. The Kier molecular flexibility index (Phi) is 8.18. The van der Waals surface area contributed by atoms with E-state index in [1.165, 1.54) is 0 Å². The average Bonchev–Trinajstić information content (AvgIpc) is 2.48. The second-order valence-corrected chi connectivity index (χ2v) is 5.16. The topological polar surface area (TPSA) is 64.3 Å². The summed E-state index contributed by atoms with van der Waals surface area (Å²) in [6, 6.07) is 7.18. The third-order valence-corrected chi connectivity index (χ3v) is 2.68. The first kappa shape index (κ1) is 17.2. The summed E-state index contributed by atoms with van der Waals surface area (Å²) in [7, 11) is 0. The van der Waals surface area contributed by atoms with Crippen LogP contribution in [-0.2, 0) is 4.74 Å². The van der Waals surface area contributed by atoms with Crippen molar-refractivity contribution in [1.29, 1.82) is 0 Å². The smallest absolute Gasteiger partial charge is 0.251 e. The van der Waals surface area contributed by atoms with Gasteiger partial charge >= 0.3 is 0 Å². The van der Waals surface area contributed by atoms with Crippen LogP contribution in [0.25, 0.3) is 0 Å². The van der Waals surface area contributed by atoms with Gasteiger partial charge in [0.15, 0.2) is 0 Å². The third kappa shape index (κ3) is 7.50. The van der Waals surface area contributed by atoms with Gasteiger partial charge in [-0.15, -0.1) is 0 Å². The summed E-state index contributed by atoms with van der Waals surface area (Å²) in [5.41, 5.74) is 6.81. The summed E-state index contributed by atoms with van der Waals surface area (Å²) in [4.78, 5) is 11.9. The highest BCUT2D eigenvalue weighted by Crippen LogP contribution is 2.03. The first-order valence-corrected chi connectivity index (χ1v) is 7.28. The Morgan fingerprint density at radius 3 is 2.67 bits per heavy atom. The largest absolute Gasteiger partial charge is 0.381 e. The van der Waals surface area contributed by atoms with E-state index in [4.69, 9.17) is 10.5 Å². The van der Waals surface area contributed by atoms with E-state index in [2.05, 4.69) is 31.0 Å². The fourth-order valence-corrected chi connectivity index (χ4v) is 1.66. The highest BCUT2D eigenvalue weighted by molar-refractivity contribution is 5.94.